The highest BCUT2D eigenvalue weighted by molar-refractivity contribution is 6.23. The molecule has 0 spiro atoms. The number of ether oxygens (including phenoxy) is 1. The average molecular weight is 639 g/mol. The van der Waals surface area contributed by atoms with Crippen molar-refractivity contribution < 1.29 is 43.1 Å². The molecule has 12 unspecified atom stereocenters. The van der Waals surface area contributed by atoms with E-state index in [1.54, 1.807) is 0 Å². The summed E-state index contributed by atoms with van der Waals surface area (Å²) >= 11 is 0. The first-order valence-electron chi connectivity index (χ1n) is 17.2. The zero-order valence-electron chi connectivity index (χ0n) is 26.1. The van der Waals surface area contributed by atoms with Gasteiger partial charge in [-0.25, -0.2) is 0 Å². The van der Waals surface area contributed by atoms with Crippen LogP contribution >= 0.6 is 0 Å². The zero-order valence-corrected chi connectivity index (χ0v) is 26.1. The van der Waals surface area contributed by atoms with E-state index in [9.17, 15) is 38.4 Å². The van der Waals surface area contributed by atoms with Crippen LogP contribution in [0.1, 0.15) is 64.2 Å². The van der Waals surface area contributed by atoms with Crippen molar-refractivity contribution in [1.29, 1.82) is 0 Å². The lowest BCUT2D eigenvalue weighted by Crippen LogP contribution is -2.26. The minimum atomic E-state index is -0.146. The smallest absolute Gasteiger partial charge is 0.167 e. The molecule has 2 aliphatic heterocycles. The number of hydrogen-bond donors (Lipinski definition) is 0. The van der Waals surface area contributed by atoms with Gasteiger partial charge in [0.2, 0.25) is 0 Å². The molecular formula is C38H38O9. The van der Waals surface area contributed by atoms with Crippen molar-refractivity contribution in [3.05, 3.63) is 47.6 Å². The molecule has 0 amide bonds. The van der Waals surface area contributed by atoms with Crippen molar-refractivity contribution >= 4 is 46.3 Å². The molecule has 11 rings (SSSR count). The number of allylic oxidation sites excluding steroid dienone is 6. The third kappa shape index (κ3) is 4.90. The van der Waals surface area contributed by atoms with Crippen LogP contribution in [0.3, 0.4) is 0 Å². The molecule has 12 atom stereocenters. The molecule has 5 saturated carbocycles. The van der Waals surface area contributed by atoms with Crippen molar-refractivity contribution in [2.24, 2.45) is 59.2 Å². The largest absolute Gasteiger partial charge is 0.365 e. The van der Waals surface area contributed by atoms with Crippen LogP contribution in [0.5, 0.6) is 0 Å². The summed E-state index contributed by atoms with van der Waals surface area (Å²) < 4.78 is 5.43. The van der Waals surface area contributed by atoms with Gasteiger partial charge in [-0.3, -0.25) is 38.4 Å². The minimum Gasteiger partial charge on any atom is -0.365 e. The summed E-state index contributed by atoms with van der Waals surface area (Å²) in [6.45, 7) is 0. The van der Waals surface area contributed by atoms with Gasteiger partial charge in [-0.2, -0.15) is 0 Å². The topological polar surface area (TPSA) is 146 Å². The van der Waals surface area contributed by atoms with E-state index in [4.69, 9.17) is 4.74 Å². The number of carbonyl (C=O) groups is 8. The fourth-order valence-electron chi connectivity index (χ4n) is 10.6. The predicted octanol–water partition coefficient (Wildman–Crippen LogP) is 3.43. The molecule has 9 aliphatic carbocycles. The van der Waals surface area contributed by atoms with Crippen LogP contribution in [-0.2, 0) is 43.1 Å². The Morgan fingerprint density at radius 1 is 0.468 bits per heavy atom. The first-order chi connectivity index (χ1) is 22.6. The summed E-state index contributed by atoms with van der Waals surface area (Å²) in [7, 11) is 0. The molecule has 2 heterocycles. The van der Waals surface area contributed by atoms with Gasteiger partial charge in [0.1, 0.15) is 34.7 Å². The van der Waals surface area contributed by atoms with E-state index >= 15 is 0 Å². The van der Waals surface area contributed by atoms with Crippen molar-refractivity contribution in [2.45, 2.75) is 76.4 Å². The lowest BCUT2D eigenvalue weighted by Gasteiger charge is -2.16. The summed E-state index contributed by atoms with van der Waals surface area (Å²) in [5.74, 6) is 2.76. The Balaban J connectivity index is 0.0000000920. The van der Waals surface area contributed by atoms with Crippen molar-refractivity contribution in [3.63, 3.8) is 0 Å². The van der Waals surface area contributed by atoms with Crippen LogP contribution in [-0.4, -0.2) is 58.5 Å². The highest BCUT2D eigenvalue weighted by Crippen LogP contribution is 2.53. The normalized spacial score (nSPS) is 43.2. The molecule has 0 aromatic rings. The maximum absolute atomic E-state index is 11.4. The van der Waals surface area contributed by atoms with Crippen LogP contribution < -0.4 is 0 Å². The Labute approximate surface area is 272 Å². The van der Waals surface area contributed by atoms with Crippen LogP contribution in [0.15, 0.2) is 47.6 Å². The average Bonchev–Trinajstić information content (AvgIpc) is 3.90. The van der Waals surface area contributed by atoms with Crippen molar-refractivity contribution in [2.75, 3.05) is 0 Å². The third-order valence-corrected chi connectivity index (χ3v) is 12.6. The standard InChI is InChI=1S/2C10H10O2.C9H8O3.C9H10O2/c2*11-7-4-8(12)10-6-2-1-5(3-6)9(7)10;10-4-3-5(11)9-7-2-1-6(12-7)8(4)9;10-8-5-9(11)7-4-2-1-3-6(7)8/h5-6H,1-4H2;1-2,5-6,9-10H,3-4H2;1-2,6-9H,3H2;1-2,6-7H,3-5H2. The van der Waals surface area contributed by atoms with Crippen molar-refractivity contribution in [1.82, 2.24) is 0 Å². The van der Waals surface area contributed by atoms with Gasteiger partial charge in [0.05, 0.1) is 49.7 Å². The number of ketones is 8. The molecule has 6 fully saturated rings. The zero-order chi connectivity index (χ0) is 32.7. The van der Waals surface area contributed by atoms with Gasteiger partial charge in [0, 0.05) is 34.8 Å². The Morgan fingerprint density at radius 3 is 1.36 bits per heavy atom. The lowest BCUT2D eigenvalue weighted by atomic mass is 9.85. The van der Waals surface area contributed by atoms with E-state index in [1.165, 1.54) is 0 Å². The summed E-state index contributed by atoms with van der Waals surface area (Å²) in [5.41, 5.74) is 1.85. The minimum absolute atomic E-state index is 0.0347. The Bertz CT molecular complexity index is 1480. The molecular weight excluding hydrogens is 600 g/mol. The highest BCUT2D eigenvalue weighted by atomic mass is 16.5. The van der Waals surface area contributed by atoms with Gasteiger partial charge in [-0.1, -0.05) is 36.5 Å². The summed E-state index contributed by atoms with van der Waals surface area (Å²) in [4.78, 5) is 90.5. The van der Waals surface area contributed by atoms with Gasteiger partial charge < -0.3 is 4.74 Å². The SMILES string of the molecule is O=C1CC(=O)C2=C1C1CCC2C1.O=C1CC(=O)C2C3C=CC(C3)C12.O=C1CC(=O)C2C3C=CC(O3)C12.O=C1CC(=O)C2CC=CCC12. The lowest BCUT2D eigenvalue weighted by molar-refractivity contribution is -0.126. The predicted molar refractivity (Wildman–Crippen MR) is 164 cm³/mol. The van der Waals surface area contributed by atoms with E-state index in [2.05, 4.69) is 12.2 Å². The molecule has 0 N–H and O–H groups in total. The number of rotatable bonds is 0. The van der Waals surface area contributed by atoms with Crippen LogP contribution in [0.25, 0.3) is 0 Å². The van der Waals surface area contributed by atoms with Crippen LogP contribution in [0.2, 0.25) is 0 Å². The quantitative estimate of drug-likeness (QED) is 0.288. The first kappa shape index (κ1) is 30.6. The van der Waals surface area contributed by atoms with Crippen molar-refractivity contribution in [3.8, 4) is 0 Å². The second-order valence-corrected chi connectivity index (χ2v) is 15.0. The fraction of sp³-hybridized carbons (Fsp3) is 0.579. The van der Waals surface area contributed by atoms with Crippen LogP contribution in [0.4, 0.5) is 0 Å². The summed E-state index contributed by atoms with van der Waals surface area (Å²) in [5, 5.41) is 0. The highest BCUT2D eigenvalue weighted by Gasteiger charge is 2.57. The first-order valence-corrected chi connectivity index (χ1v) is 17.2. The number of Topliss-reactive ketones (excluding diaryl/α,β-unsaturated/α-hetero) is 8. The maximum atomic E-state index is 11.4. The van der Waals surface area contributed by atoms with E-state index in [0.29, 0.717) is 23.7 Å². The fourth-order valence-corrected chi connectivity index (χ4v) is 10.6. The van der Waals surface area contributed by atoms with Gasteiger partial charge in [-0.05, 0) is 62.2 Å². The van der Waals surface area contributed by atoms with Gasteiger partial charge in [-0.15, -0.1) is 0 Å². The van der Waals surface area contributed by atoms with Crippen LogP contribution in [0, 0.1) is 59.2 Å². The molecule has 9 heteroatoms. The molecule has 0 aromatic carbocycles. The molecule has 244 valence electrons. The second-order valence-electron chi connectivity index (χ2n) is 15.0. The molecule has 1 saturated heterocycles. The van der Waals surface area contributed by atoms with Gasteiger partial charge in [0.15, 0.2) is 11.6 Å². The molecule has 6 bridgehead atoms. The maximum Gasteiger partial charge on any atom is 0.167 e. The Kier molecular flexibility index (Phi) is 7.46. The van der Waals surface area contributed by atoms with E-state index in [1.807, 2.05) is 24.3 Å². The number of carbonyl (C=O) groups excluding carboxylic acids is 8. The summed E-state index contributed by atoms with van der Waals surface area (Å²) in [6, 6.07) is 0. The Morgan fingerprint density at radius 2 is 0.894 bits per heavy atom. The number of hydrogen-bond acceptors (Lipinski definition) is 9. The monoisotopic (exact) mass is 638 g/mol. The van der Waals surface area contributed by atoms with Gasteiger partial charge in [0.25, 0.3) is 0 Å². The molecule has 9 nitrogen and oxygen atoms in total. The molecule has 11 aliphatic rings. The van der Waals surface area contributed by atoms with Gasteiger partial charge >= 0.3 is 0 Å². The molecule has 0 aromatic heterocycles. The molecule has 0 radical (unpaired) electrons. The Hall–Kier alpha value is -3.72. The van der Waals surface area contributed by atoms with E-state index in [0.717, 1.165) is 49.7 Å². The second kappa shape index (κ2) is 11.5. The van der Waals surface area contributed by atoms with E-state index < -0.39 is 0 Å². The summed E-state index contributed by atoms with van der Waals surface area (Å²) in [6.07, 6.45) is 18.6. The van der Waals surface area contributed by atoms with E-state index in [-0.39, 0.29) is 120 Å². The number of fused-ring (bicyclic) bond motifs is 15. The third-order valence-electron chi connectivity index (χ3n) is 12.6. The molecule has 47 heavy (non-hydrogen) atoms.